The summed E-state index contributed by atoms with van der Waals surface area (Å²) in [6, 6.07) is 0. The summed E-state index contributed by atoms with van der Waals surface area (Å²) in [6.07, 6.45) is 0. The van der Waals surface area contributed by atoms with Gasteiger partial charge in [-0.15, -0.1) is 13.2 Å². The van der Waals surface area contributed by atoms with Gasteiger partial charge in [0.1, 0.15) is 0 Å². The minimum absolute atomic E-state index is 0. The fourth-order valence-electron chi connectivity index (χ4n) is 0. The zero-order chi connectivity index (χ0) is 2.00. The fourth-order valence-corrected chi connectivity index (χ4v) is 0. The van der Waals surface area contributed by atoms with Gasteiger partial charge in [-0.25, -0.2) is 0 Å². The van der Waals surface area contributed by atoms with Gasteiger partial charge in [-0.2, -0.15) is 0 Å². The van der Waals surface area contributed by atoms with E-state index in [-0.39, 0.29) is 46.0 Å². The first-order valence-corrected chi connectivity index (χ1v) is 0.500. The molecule has 0 aromatic rings. The third-order valence-electron chi connectivity index (χ3n) is 0. The normalized spacial score (nSPS) is 1.00. The Morgan fingerprint density at radius 1 is 1.00 bits per heavy atom. The van der Waals surface area contributed by atoms with Crippen molar-refractivity contribution in [2.75, 3.05) is 0 Å². The molecule has 0 aliphatic heterocycles. The molecule has 0 aromatic carbocycles. The number of rotatable bonds is 0. The van der Waals surface area contributed by atoms with Crippen LogP contribution in [0.4, 0.5) is 0 Å². The molecule has 4 heavy (non-hydrogen) atoms. The van der Waals surface area contributed by atoms with Crippen LogP contribution in [0.1, 0.15) is 0 Å². The van der Waals surface area contributed by atoms with Crippen molar-refractivity contribution in [2.24, 2.45) is 0 Å². The summed E-state index contributed by atoms with van der Waals surface area (Å²) in [5.74, 6) is 0. The van der Waals surface area contributed by atoms with Crippen molar-refractivity contribution in [2.45, 2.75) is 0 Å². The molecule has 1 radical (unpaired) electrons. The largest absolute Gasteiger partial charge is 0.106 e. The quantitative estimate of drug-likeness (QED) is 0.313. The van der Waals surface area contributed by atoms with E-state index in [1.165, 1.54) is 0 Å². The minimum atomic E-state index is 0. The second-order valence-electron chi connectivity index (χ2n) is 0. The first-order chi connectivity index (χ1) is 1.00. The third kappa shape index (κ3) is 10.6. The molecule has 0 spiro atoms. The van der Waals surface area contributed by atoms with Crippen LogP contribution in [-0.2, 0) is 16.5 Å². The Morgan fingerprint density at radius 3 is 1.00 bits per heavy atom. The predicted molar refractivity (Wildman–Crippen MR) is 17.0 cm³/mol. The summed E-state index contributed by atoms with van der Waals surface area (Å²) in [5, 5.41) is 0. The molecule has 0 nitrogen and oxygen atoms in total. The number of hydrogen-bond acceptors (Lipinski definition) is 0. The van der Waals surface area contributed by atoms with Crippen molar-refractivity contribution >= 4 is 29.6 Å². The molecule has 0 aromatic heterocycles. The van der Waals surface area contributed by atoms with Crippen LogP contribution in [0.5, 0.6) is 0 Å². The summed E-state index contributed by atoms with van der Waals surface area (Å²) >= 11 is 0. The van der Waals surface area contributed by atoms with Gasteiger partial charge in [-0.3, -0.25) is 0 Å². The molecule has 23 valence electrons. The summed E-state index contributed by atoms with van der Waals surface area (Å²) in [4.78, 5) is 0. The summed E-state index contributed by atoms with van der Waals surface area (Å²) in [5.41, 5.74) is 0. The summed E-state index contributed by atoms with van der Waals surface area (Å²) in [6.45, 7) is 6.00. The molecule has 0 aliphatic carbocycles. The average molecular weight is 110 g/mol. The van der Waals surface area contributed by atoms with Crippen molar-refractivity contribution in [3.63, 3.8) is 0 Å². The summed E-state index contributed by atoms with van der Waals surface area (Å²) in [7, 11) is 0. The van der Waals surface area contributed by atoms with Crippen LogP contribution in [0.25, 0.3) is 0 Å². The molecule has 2 heteroatoms. The van der Waals surface area contributed by atoms with E-state index >= 15 is 0 Å². The van der Waals surface area contributed by atoms with E-state index in [2.05, 4.69) is 13.2 Å². The Bertz CT molecular complexity index is 6.00. The zero-order valence-corrected chi connectivity index (χ0v) is 5.72. The van der Waals surface area contributed by atoms with Crippen LogP contribution < -0.4 is 0 Å². The maximum atomic E-state index is 3.00. The van der Waals surface area contributed by atoms with E-state index in [1.54, 1.807) is 0 Å². The second kappa shape index (κ2) is 29.1. The van der Waals surface area contributed by atoms with Crippen molar-refractivity contribution in [3.8, 4) is 0 Å². The molecule has 0 saturated carbocycles. The van der Waals surface area contributed by atoms with Crippen molar-refractivity contribution in [1.29, 1.82) is 0 Å². The van der Waals surface area contributed by atoms with Crippen molar-refractivity contribution in [3.05, 3.63) is 13.2 Å². The molecule has 0 amide bonds. The van der Waals surface area contributed by atoms with Crippen LogP contribution >= 0.6 is 0 Å². The molecule has 0 saturated heterocycles. The SMILES string of the molecule is C=C.[Na].[Ni]. The van der Waals surface area contributed by atoms with Gasteiger partial charge in [0.25, 0.3) is 0 Å². The fraction of sp³-hybridized carbons (Fsp3) is 0. The maximum Gasteiger partial charge on any atom is 0 e. The van der Waals surface area contributed by atoms with E-state index in [0.29, 0.717) is 0 Å². The second-order valence-corrected chi connectivity index (χ2v) is 0. The molecular weight excluding hydrogens is 106 g/mol. The van der Waals surface area contributed by atoms with Gasteiger partial charge in [-0.1, -0.05) is 0 Å². The molecule has 0 N–H and O–H groups in total. The van der Waals surface area contributed by atoms with Crippen LogP contribution in [-0.4, -0.2) is 29.6 Å². The molecule has 0 atom stereocenters. The van der Waals surface area contributed by atoms with Crippen molar-refractivity contribution in [1.82, 2.24) is 0 Å². The smallest absolute Gasteiger partial charge is 0 e. The van der Waals surface area contributed by atoms with E-state index in [0.717, 1.165) is 0 Å². The van der Waals surface area contributed by atoms with Crippen molar-refractivity contribution < 1.29 is 16.5 Å². The molecule has 0 aliphatic rings. The predicted octanol–water partition coefficient (Wildman–Crippen LogP) is 0.419. The Hall–Kier alpha value is 1.23. The van der Waals surface area contributed by atoms with Gasteiger partial charge in [0.2, 0.25) is 0 Å². The van der Waals surface area contributed by atoms with E-state index in [4.69, 9.17) is 0 Å². The molecule has 0 heterocycles. The molecule has 0 bridgehead atoms. The molecule has 0 rings (SSSR count). The van der Waals surface area contributed by atoms with Gasteiger partial charge in [0.05, 0.1) is 0 Å². The van der Waals surface area contributed by atoms with Gasteiger partial charge < -0.3 is 0 Å². The minimum Gasteiger partial charge on any atom is -0.106 e. The molecular formula is C2H4NaNi. The third-order valence-corrected chi connectivity index (χ3v) is 0. The molecule has 0 unspecified atom stereocenters. The monoisotopic (exact) mass is 109 g/mol. The number of hydrogen-bond donors (Lipinski definition) is 0. The maximum absolute atomic E-state index is 3.00. The first-order valence-electron chi connectivity index (χ1n) is 0.500. The molecule has 0 fully saturated rings. The Morgan fingerprint density at radius 2 is 1.00 bits per heavy atom. The van der Waals surface area contributed by atoms with E-state index in [1.807, 2.05) is 0 Å². The van der Waals surface area contributed by atoms with Gasteiger partial charge in [0.15, 0.2) is 0 Å². The van der Waals surface area contributed by atoms with E-state index < -0.39 is 0 Å². The topological polar surface area (TPSA) is 0 Å². The average Bonchev–Trinajstić information content (AvgIpc) is 1.00. The van der Waals surface area contributed by atoms with Gasteiger partial charge in [0, 0.05) is 46.0 Å². The standard InChI is InChI=1S/C2H4.Na.Ni/c1-2;;/h1-2H2;;. The zero-order valence-electron chi connectivity index (χ0n) is 2.73. The van der Waals surface area contributed by atoms with Gasteiger partial charge >= 0.3 is 0 Å². The summed E-state index contributed by atoms with van der Waals surface area (Å²) < 4.78 is 0. The Labute approximate surface area is 58.9 Å². The Kier molecular flexibility index (Phi) is 137. The Balaban J connectivity index is -0.00000000500. The van der Waals surface area contributed by atoms with E-state index in [9.17, 15) is 0 Å². The van der Waals surface area contributed by atoms with Crippen LogP contribution in [0.2, 0.25) is 0 Å². The first kappa shape index (κ1) is 18.8. The van der Waals surface area contributed by atoms with Crippen LogP contribution in [0.3, 0.4) is 0 Å². The van der Waals surface area contributed by atoms with Crippen LogP contribution in [0.15, 0.2) is 13.2 Å². The van der Waals surface area contributed by atoms with Crippen LogP contribution in [0, 0.1) is 0 Å². The van der Waals surface area contributed by atoms with Gasteiger partial charge in [-0.05, 0) is 0 Å².